The second-order valence-electron chi connectivity index (χ2n) is 8.88. The van der Waals surface area contributed by atoms with Gasteiger partial charge in [0.15, 0.2) is 0 Å². The molecule has 0 fully saturated rings. The van der Waals surface area contributed by atoms with Gasteiger partial charge in [0.05, 0.1) is 23.2 Å². The predicted octanol–water partition coefficient (Wildman–Crippen LogP) is 5.67. The van der Waals surface area contributed by atoms with E-state index in [0.717, 1.165) is 5.69 Å². The first-order valence-electron chi connectivity index (χ1n) is 12.6. The number of aromatic nitrogens is 2. The van der Waals surface area contributed by atoms with Crippen LogP contribution < -0.4 is 16.1 Å². The molecule has 0 aliphatic carbocycles. The number of nitrogens with one attached hydrogen (secondary N) is 3. The molecule has 9 nitrogen and oxygen atoms in total. The van der Waals surface area contributed by atoms with E-state index in [1.165, 1.54) is 30.5 Å². The number of halogens is 2. The Balaban J connectivity index is 1.29. The van der Waals surface area contributed by atoms with Crippen LogP contribution in [0.1, 0.15) is 15.9 Å². The van der Waals surface area contributed by atoms with E-state index in [2.05, 4.69) is 26.3 Å². The Kier molecular flexibility index (Phi) is 8.45. The first kappa shape index (κ1) is 27.9. The summed E-state index contributed by atoms with van der Waals surface area (Å²) in [5.41, 5.74) is 5.39. The summed E-state index contributed by atoms with van der Waals surface area (Å²) in [5, 5.41) is 14.2. The van der Waals surface area contributed by atoms with Crippen LogP contribution in [-0.4, -0.2) is 33.7 Å². The lowest BCUT2D eigenvalue weighted by atomic mass is 10.1. The van der Waals surface area contributed by atoms with Gasteiger partial charge in [0.2, 0.25) is 0 Å². The van der Waals surface area contributed by atoms with Gasteiger partial charge in [-0.2, -0.15) is 10.2 Å². The molecule has 3 amide bonds. The van der Waals surface area contributed by atoms with Crippen molar-refractivity contribution in [1.29, 1.82) is 0 Å². The number of anilines is 2. The quantitative estimate of drug-likeness (QED) is 0.131. The zero-order valence-corrected chi connectivity index (χ0v) is 22.5. The summed E-state index contributed by atoms with van der Waals surface area (Å²) < 4.78 is 15.1. The normalized spacial score (nSPS) is 10.8. The number of benzene rings is 4. The van der Waals surface area contributed by atoms with Crippen LogP contribution in [0.3, 0.4) is 0 Å². The molecule has 0 saturated carbocycles. The van der Waals surface area contributed by atoms with E-state index in [4.69, 9.17) is 11.6 Å². The van der Waals surface area contributed by atoms with Gasteiger partial charge in [0, 0.05) is 28.0 Å². The van der Waals surface area contributed by atoms with Crippen molar-refractivity contribution in [3.8, 4) is 16.9 Å². The summed E-state index contributed by atoms with van der Waals surface area (Å²) in [4.78, 5) is 38.0. The Hall–Kier alpha value is -5.61. The van der Waals surface area contributed by atoms with Gasteiger partial charge < -0.3 is 10.6 Å². The van der Waals surface area contributed by atoms with E-state index in [0.29, 0.717) is 27.5 Å². The molecule has 5 rings (SSSR count). The highest BCUT2D eigenvalue weighted by Gasteiger charge is 2.18. The van der Waals surface area contributed by atoms with Crippen molar-refractivity contribution in [2.45, 2.75) is 0 Å². The summed E-state index contributed by atoms with van der Waals surface area (Å²) in [6.07, 6.45) is 3.03. The third kappa shape index (κ3) is 6.75. The number of hydrogen-bond acceptors (Lipinski definition) is 5. The largest absolute Gasteiger partial charge is 0.329 e. The van der Waals surface area contributed by atoms with E-state index < -0.39 is 23.5 Å². The summed E-state index contributed by atoms with van der Waals surface area (Å²) in [6, 6.07) is 27.9. The van der Waals surface area contributed by atoms with Crippen molar-refractivity contribution >= 4 is 46.9 Å². The molecule has 208 valence electrons. The van der Waals surface area contributed by atoms with Crippen LogP contribution in [0.5, 0.6) is 0 Å². The van der Waals surface area contributed by atoms with Crippen molar-refractivity contribution < 1.29 is 18.8 Å². The fraction of sp³-hybridized carbons (Fsp3) is 0. The molecular formula is C31H22ClFN6O3. The first-order valence-corrected chi connectivity index (χ1v) is 13.0. The molecule has 0 bridgehead atoms. The molecule has 3 N–H and O–H groups in total. The lowest BCUT2D eigenvalue weighted by Gasteiger charge is -2.11. The molecule has 0 aliphatic rings. The van der Waals surface area contributed by atoms with E-state index in [9.17, 15) is 18.8 Å². The summed E-state index contributed by atoms with van der Waals surface area (Å²) in [5.74, 6) is -2.97. The molecular weight excluding hydrogens is 559 g/mol. The Morgan fingerprint density at radius 3 is 2.24 bits per heavy atom. The molecule has 11 heteroatoms. The smallest absolute Gasteiger partial charge is 0.322 e. The average Bonchev–Trinajstić information content (AvgIpc) is 3.43. The van der Waals surface area contributed by atoms with E-state index in [1.807, 2.05) is 30.3 Å². The van der Waals surface area contributed by atoms with Crippen LogP contribution in [0.15, 0.2) is 114 Å². The minimum absolute atomic E-state index is 0.135. The Morgan fingerprint density at radius 2 is 1.50 bits per heavy atom. The summed E-state index contributed by atoms with van der Waals surface area (Å²) in [6.45, 7) is 0. The number of rotatable bonds is 7. The number of hydrazone groups is 1. The highest BCUT2D eigenvalue weighted by molar-refractivity contribution is 6.40. The lowest BCUT2D eigenvalue weighted by Crippen LogP contribution is -2.33. The maximum Gasteiger partial charge on any atom is 0.329 e. The van der Waals surface area contributed by atoms with Gasteiger partial charge in [-0.1, -0.05) is 41.9 Å². The highest BCUT2D eigenvalue weighted by atomic mass is 35.5. The van der Waals surface area contributed by atoms with Gasteiger partial charge in [-0.05, 0) is 72.8 Å². The number of amides is 3. The van der Waals surface area contributed by atoms with Crippen molar-refractivity contribution in [2.75, 3.05) is 10.6 Å². The second kappa shape index (κ2) is 12.7. The standard InChI is InChI=1S/C31H22ClFN6O3/c32-22-12-16-24(17-13-22)35-29(40)26-8-4-5-9-27(26)36-30(41)31(42)37-34-18-21-19-39(25-6-2-1-3-7-25)38-28(21)20-10-14-23(33)15-11-20/h1-19H,(H,35,40)(H,36,41)(H,37,42). The predicted molar refractivity (Wildman–Crippen MR) is 159 cm³/mol. The van der Waals surface area contributed by atoms with E-state index in [-0.39, 0.29) is 11.3 Å². The first-order chi connectivity index (χ1) is 20.4. The monoisotopic (exact) mass is 580 g/mol. The zero-order chi connectivity index (χ0) is 29.5. The van der Waals surface area contributed by atoms with Gasteiger partial charge in [0.1, 0.15) is 11.5 Å². The molecule has 42 heavy (non-hydrogen) atoms. The average molecular weight is 581 g/mol. The maximum atomic E-state index is 13.5. The minimum atomic E-state index is -1.06. The molecule has 0 atom stereocenters. The molecule has 1 heterocycles. The zero-order valence-electron chi connectivity index (χ0n) is 21.8. The molecule has 0 saturated heterocycles. The topological polar surface area (TPSA) is 117 Å². The van der Waals surface area contributed by atoms with Crippen molar-refractivity contribution in [3.63, 3.8) is 0 Å². The summed E-state index contributed by atoms with van der Waals surface area (Å²) in [7, 11) is 0. The third-order valence-electron chi connectivity index (χ3n) is 5.98. The van der Waals surface area contributed by atoms with Gasteiger partial charge in [-0.25, -0.2) is 14.5 Å². The van der Waals surface area contributed by atoms with Crippen LogP contribution in [0, 0.1) is 5.82 Å². The molecule has 1 aromatic heterocycles. The van der Waals surface area contributed by atoms with E-state index >= 15 is 0 Å². The summed E-state index contributed by atoms with van der Waals surface area (Å²) >= 11 is 5.89. The Labute approximate surface area is 244 Å². The number of carbonyl (C=O) groups excluding carboxylic acids is 3. The SMILES string of the molecule is O=C(NN=Cc1cn(-c2ccccc2)nc1-c1ccc(F)cc1)C(=O)Nc1ccccc1C(=O)Nc1ccc(Cl)cc1. The van der Waals surface area contributed by atoms with Crippen molar-refractivity contribution in [2.24, 2.45) is 5.10 Å². The highest BCUT2D eigenvalue weighted by Crippen LogP contribution is 2.23. The number of carbonyl (C=O) groups is 3. The molecule has 0 aliphatic heterocycles. The van der Waals surface area contributed by atoms with Gasteiger partial charge in [-0.3, -0.25) is 14.4 Å². The van der Waals surface area contributed by atoms with Crippen LogP contribution in [-0.2, 0) is 9.59 Å². The van der Waals surface area contributed by atoms with Crippen LogP contribution in [0.2, 0.25) is 5.02 Å². The maximum absolute atomic E-state index is 13.5. The number of hydrogen-bond donors (Lipinski definition) is 3. The van der Waals surface area contributed by atoms with Crippen LogP contribution in [0.25, 0.3) is 16.9 Å². The van der Waals surface area contributed by atoms with Crippen molar-refractivity contribution in [3.05, 3.63) is 131 Å². The Morgan fingerprint density at radius 1 is 0.810 bits per heavy atom. The Bertz CT molecular complexity index is 1770. The van der Waals surface area contributed by atoms with Gasteiger partial charge >= 0.3 is 11.8 Å². The minimum Gasteiger partial charge on any atom is -0.322 e. The third-order valence-corrected chi connectivity index (χ3v) is 6.23. The fourth-order valence-electron chi connectivity index (χ4n) is 3.94. The molecule has 0 radical (unpaired) electrons. The van der Waals surface area contributed by atoms with E-state index in [1.54, 1.807) is 59.4 Å². The lowest BCUT2D eigenvalue weighted by molar-refractivity contribution is -0.136. The molecule has 4 aromatic carbocycles. The molecule has 0 spiro atoms. The number of para-hydroxylation sites is 2. The molecule has 0 unspecified atom stereocenters. The van der Waals surface area contributed by atoms with Crippen molar-refractivity contribution in [1.82, 2.24) is 15.2 Å². The van der Waals surface area contributed by atoms with Gasteiger partial charge in [-0.15, -0.1) is 0 Å². The van der Waals surface area contributed by atoms with Crippen LogP contribution in [0.4, 0.5) is 15.8 Å². The van der Waals surface area contributed by atoms with Gasteiger partial charge in [0.25, 0.3) is 5.91 Å². The fourth-order valence-corrected chi connectivity index (χ4v) is 4.06. The van der Waals surface area contributed by atoms with Crippen LogP contribution >= 0.6 is 11.6 Å². The number of nitrogens with zero attached hydrogens (tertiary/aromatic N) is 3. The molecule has 5 aromatic rings. The second-order valence-corrected chi connectivity index (χ2v) is 9.32.